The minimum absolute atomic E-state index is 0.115. The fourth-order valence-corrected chi connectivity index (χ4v) is 2.39. The van der Waals surface area contributed by atoms with Crippen LogP contribution in [0.2, 0.25) is 0 Å². The highest BCUT2D eigenvalue weighted by molar-refractivity contribution is 4.96. The summed E-state index contributed by atoms with van der Waals surface area (Å²) in [5, 5.41) is 0. The van der Waals surface area contributed by atoms with Gasteiger partial charge >= 0.3 is 0 Å². The molecule has 3 heteroatoms. The second kappa shape index (κ2) is 5.10. The summed E-state index contributed by atoms with van der Waals surface area (Å²) in [6.07, 6.45) is 2.27. The molecule has 1 atom stereocenters. The molecule has 0 amide bonds. The molecule has 1 aliphatic rings. The van der Waals surface area contributed by atoms with Crippen LogP contribution in [0.3, 0.4) is 0 Å². The van der Waals surface area contributed by atoms with Crippen molar-refractivity contribution in [3.8, 4) is 0 Å². The van der Waals surface area contributed by atoms with Crippen molar-refractivity contribution in [2.75, 3.05) is 26.3 Å². The van der Waals surface area contributed by atoms with Crippen LogP contribution in [-0.4, -0.2) is 42.8 Å². The van der Waals surface area contributed by atoms with Crippen LogP contribution in [0, 0.1) is 0 Å². The molecule has 0 radical (unpaired) electrons. The second-order valence-electron chi connectivity index (χ2n) is 4.52. The first-order valence-electron chi connectivity index (χ1n) is 5.71. The van der Waals surface area contributed by atoms with E-state index in [9.17, 15) is 0 Å². The van der Waals surface area contributed by atoms with Crippen molar-refractivity contribution in [1.82, 2.24) is 4.90 Å². The van der Waals surface area contributed by atoms with Gasteiger partial charge in [-0.15, -0.1) is 0 Å². The molecule has 0 aliphatic carbocycles. The van der Waals surface area contributed by atoms with E-state index in [-0.39, 0.29) is 5.54 Å². The molecule has 0 aromatic heterocycles. The molecule has 0 spiro atoms. The summed E-state index contributed by atoms with van der Waals surface area (Å²) in [5.74, 6) is 0. The zero-order valence-electron chi connectivity index (χ0n) is 9.75. The van der Waals surface area contributed by atoms with E-state index in [0.717, 1.165) is 26.2 Å². The minimum Gasteiger partial charge on any atom is -0.379 e. The van der Waals surface area contributed by atoms with Crippen molar-refractivity contribution in [1.29, 1.82) is 0 Å². The summed E-state index contributed by atoms with van der Waals surface area (Å²) in [4.78, 5) is 2.51. The Morgan fingerprint density at radius 2 is 2.21 bits per heavy atom. The standard InChI is InChI=1S/C11H24N2O/c1-4-6-13(10(2)3)11(8-12)5-7-14-9-11/h10H,4-9,12H2,1-3H3. The molecule has 0 aromatic carbocycles. The van der Waals surface area contributed by atoms with Crippen LogP contribution in [0.15, 0.2) is 0 Å². The molecule has 84 valence electrons. The molecule has 14 heavy (non-hydrogen) atoms. The van der Waals surface area contributed by atoms with Crippen LogP contribution in [0.1, 0.15) is 33.6 Å². The molecule has 1 saturated heterocycles. The summed E-state index contributed by atoms with van der Waals surface area (Å²) in [6, 6.07) is 0.556. The average molecular weight is 200 g/mol. The van der Waals surface area contributed by atoms with E-state index in [1.165, 1.54) is 6.42 Å². The first kappa shape index (κ1) is 12.0. The van der Waals surface area contributed by atoms with Gasteiger partial charge in [0.25, 0.3) is 0 Å². The number of hydrogen-bond acceptors (Lipinski definition) is 3. The Balaban J connectivity index is 2.71. The van der Waals surface area contributed by atoms with Gasteiger partial charge in [0.2, 0.25) is 0 Å². The van der Waals surface area contributed by atoms with Crippen LogP contribution in [0.4, 0.5) is 0 Å². The summed E-state index contributed by atoms with van der Waals surface area (Å²) in [6.45, 7) is 10.2. The smallest absolute Gasteiger partial charge is 0.0663 e. The zero-order chi connectivity index (χ0) is 10.6. The van der Waals surface area contributed by atoms with Gasteiger partial charge in [-0.1, -0.05) is 6.92 Å². The van der Waals surface area contributed by atoms with Crippen molar-refractivity contribution in [3.05, 3.63) is 0 Å². The molecule has 0 saturated carbocycles. The van der Waals surface area contributed by atoms with Crippen molar-refractivity contribution in [2.24, 2.45) is 5.73 Å². The normalized spacial score (nSPS) is 27.9. The molecule has 1 unspecified atom stereocenters. The Hall–Kier alpha value is -0.120. The van der Waals surface area contributed by atoms with Gasteiger partial charge < -0.3 is 10.5 Å². The van der Waals surface area contributed by atoms with Crippen LogP contribution in [0.25, 0.3) is 0 Å². The molecular weight excluding hydrogens is 176 g/mol. The third-order valence-corrected chi connectivity index (χ3v) is 3.16. The molecule has 1 aliphatic heterocycles. The van der Waals surface area contributed by atoms with E-state index in [2.05, 4.69) is 25.7 Å². The fraction of sp³-hybridized carbons (Fsp3) is 1.00. The summed E-state index contributed by atoms with van der Waals surface area (Å²) in [7, 11) is 0. The monoisotopic (exact) mass is 200 g/mol. The Kier molecular flexibility index (Phi) is 4.35. The largest absolute Gasteiger partial charge is 0.379 e. The number of nitrogens with zero attached hydrogens (tertiary/aromatic N) is 1. The van der Waals surface area contributed by atoms with Crippen LogP contribution in [0.5, 0.6) is 0 Å². The number of ether oxygens (including phenoxy) is 1. The highest BCUT2D eigenvalue weighted by Crippen LogP contribution is 2.27. The minimum atomic E-state index is 0.115. The van der Waals surface area contributed by atoms with E-state index >= 15 is 0 Å². The van der Waals surface area contributed by atoms with Crippen LogP contribution >= 0.6 is 0 Å². The van der Waals surface area contributed by atoms with E-state index in [0.29, 0.717) is 12.6 Å². The predicted octanol–water partition coefficient (Wildman–Crippen LogP) is 1.22. The highest BCUT2D eigenvalue weighted by atomic mass is 16.5. The van der Waals surface area contributed by atoms with E-state index in [1.54, 1.807) is 0 Å². The van der Waals surface area contributed by atoms with Gasteiger partial charge in [-0.2, -0.15) is 0 Å². The van der Waals surface area contributed by atoms with Crippen molar-refractivity contribution >= 4 is 0 Å². The van der Waals surface area contributed by atoms with Crippen molar-refractivity contribution in [3.63, 3.8) is 0 Å². The first-order valence-corrected chi connectivity index (χ1v) is 5.71. The predicted molar refractivity (Wildman–Crippen MR) is 59.4 cm³/mol. The van der Waals surface area contributed by atoms with Crippen molar-refractivity contribution in [2.45, 2.75) is 45.2 Å². The Morgan fingerprint density at radius 3 is 2.57 bits per heavy atom. The Morgan fingerprint density at radius 1 is 1.50 bits per heavy atom. The maximum atomic E-state index is 5.92. The third-order valence-electron chi connectivity index (χ3n) is 3.16. The molecule has 3 nitrogen and oxygen atoms in total. The average Bonchev–Trinajstić information content (AvgIpc) is 2.63. The summed E-state index contributed by atoms with van der Waals surface area (Å²) >= 11 is 0. The van der Waals surface area contributed by atoms with Crippen molar-refractivity contribution < 1.29 is 4.74 Å². The fourth-order valence-electron chi connectivity index (χ4n) is 2.39. The van der Waals surface area contributed by atoms with Gasteiger partial charge in [0.1, 0.15) is 0 Å². The van der Waals surface area contributed by atoms with Gasteiger partial charge in [-0.25, -0.2) is 0 Å². The number of hydrogen-bond donors (Lipinski definition) is 1. The van der Waals surface area contributed by atoms with Gasteiger partial charge in [0, 0.05) is 19.2 Å². The Bertz CT molecular complexity index is 165. The number of rotatable bonds is 5. The second-order valence-corrected chi connectivity index (χ2v) is 4.52. The van der Waals surface area contributed by atoms with E-state index < -0.39 is 0 Å². The summed E-state index contributed by atoms with van der Waals surface area (Å²) in [5.41, 5.74) is 6.03. The zero-order valence-corrected chi connectivity index (χ0v) is 9.75. The molecule has 0 aromatic rings. The van der Waals surface area contributed by atoms with Crippen LogP contribution in [-0.2, 0) is 4.74 Å². The van der Waals surface area contributed by atoms with E-state index in [4.69, 9.17) is 10.5 Å². The quantitative estimate of drug-likeness (QED) is 0.725. The lowest BCUT2D eigenvalue weighted by Crippen LogP contribution is -2.57. The lowest BCUT2D eigenvalue weighted by atomic mass is 9.94. The highest BCUT2D eigenvalue weighted by Gasteiger charge is 2.40. The van der Waals surface area contributed by atoms with E-state index in [1.807, 2.05) is 0 Å². The summed E-state index contributed by atoms with van der Waals surface area (Å²) < 4.78 is 5.51. The number of nitrogens with two attached hydrogens (primary N) is 1. The maximum Gasteiger partial charge on any atom is 0.0663 e. The van der Waals surface area contributed by atoms with Gasteiger partial charge in [-0.05, 0) is 33.2 Å². The molecule has 1 heterocycles. The molecule has 0 bridgehead atoms. The third kappa shape index (κ3) is 2.27. The topological polar surface area (TPSA) is 38.5 Å². The maximum absolute atomic E-state index is 5.92. The SMILES string of the molecule is CCCN(C(C)C)C1(CN)CCOC1. The Labute approximate surface area is 87.6 Å². The molecule has 1 rings (SSSR count). The molecule has 1 fully saturated rings. The molecular formula is C11H24N2O. The van der Waals surface area contributed by atoms with Gasteiger partial charge in [-0.3, -0.25) is 4.90 Å². The first-order chi connectivity index (χ1) is 6.66. The van der Waals surface area contributed by atoms with Crippen LogP contribution < -0.4 is 5.73 Å². The lowest BCUT2D eigenvalue weighted by Gasteiger charge is -2.42. The van der Waals surface area contributed by atoms with Gasteiger partial charge in [0.05, 0.1) is 12.1 Å². The molecule has 2 N–H and O–H groups in total. The lowest BCUT2D eigenvalue weighted by molar-refractivity contribution is 0.0467. The van der Waals surface area contributed by atoms with Gasteiger partial charge in [0.15, 0.2) is 0 Å².